The number of aromatic nitrogens is 2. The molecule has 6 heteroatoms. The number of fused-ring (bicyclic) bond motifs is 1. The van der Waals surface area contributed by atoms with E-state index >= 15 is 0 Å². The first kappa shape index (κ1) is 17.7. The van der Waals surface area contributed by atoms with Crippen LogP contribution >= 0.6 is 0 Å². The molecule has 3 N–H and O–H groups in total. The quantitative estimate of drug-likeness (QED) is 0.708. The van der Waals surface area contributed by atoms with Crippen LogP contribution in [0.25, 0.3) is 22.0 Å². The van der Waals surface area contributed by atoms with Gasteiger partial charge >= 0.3 is 6.09 Å². The van der Waals surface area contributed by atoms with Gasteiger partial charge in [0.2, 0.25) is 0 Å². The number of carbonyl (C=O) groups excluding carboxylic acids is 1. The predicted molar refractivity (Wildman–Crippen MR) is 104 cm³/mol. The van der Waals surface area contributed by atoms with Crippen LogP contribution in [0, 0.1) is 6.92 Å². The second-order valence-electron chi connectivity index (χ2n) is 7.11. The summed E-state index contributed by atoms with van der Waals surface area (Å²) in [7, 11) is 0. The van der Waals surface area contributed by atoms with Crippen LogP contribution in [-0.4, -0.2) is 21.7 Å². The molecule has 26 heavy (non-hydrogen) atoms. The average Bonchev–Trinajstić information content (AvgIpc) is 2.53. The number of nitrogens with zero attached hydrogens (tertiary/aromatic N) is 2. The Hall–Kier alpha value is -3.15. The number of aryl methyl sites for hydroxylation is 1. The van der Waals surface area contributed by atoms with Crippen LogP contribution in [0.1, 0.15) is 26.3 Å². The number of hydrogen-bond acceptors (Lipinski definition) is 5. The summed E-state index contributed by atoms with van der Waals surface area (Å²) in [4.78, 5) is 20.8. The van der Waals surface area contributed by atoms with Crippen LogP contribution in [0.5, 0.6) is 0 Å². The molecule has 0 aliphatic rings. The Kier molecular flexibility index (Phi) is 4.50. The van der Waals surface area contributed by atoms with Crippen LogP contribution < -0.4 is 11.1 Å². The molecule has 0 spiro atoms. The predicted octanol–water partition coefficient (Wildman–Crippen LogP) is 4.53. The van der Waals surface area contributed by atoms with Crippen LogP contribution in [0.2, 0.25) is 0 Å². The Bertz CT molecular complexity index is 957. The lowest BCUT2D eigenvalue weighted by Crippen LogP contribution is -2.27. The molecular formula is C20H22N4O2. The molecule has 0 aliphatic carbocycles. The van der Waals surface area contributed by atoms with Gasteiger partial charge in [-0.25, -0.2) is 9.78 Å². The highest BCUT2D eigenvalue weighted by atomic mass is 16.6. The number of nitrogens with one attached hydrogen (secondary N) is 1. The van der Waals surface area contributed by atoms with Crippen LogP contribution in [0.4, 0.5) is 16.3 Å². The van der Waals surface area contributed by atoms with E-state index in [4.69, 9.17) is 10.5 Å². The summed E-state index contributed by atoms with van der Waals surface area (Å²) in [6.45, 7) is 7.44. The third-order valence-corrected chi connectivity index (χ3v) is 3.85. The summed E-state index contributed by atoms with van der Waals surface area (Å²) in [5, 5.41) is 4.54. The van der Waals surface area contributed by atoms with Crippen LogP contribution in [0.15, 0.2) is 42.7 Å². The third-order valence-electron chi connectivity index (χ3n) is 3.85. The van der Waals surface area contributed by atoms with E-state index in [0.29, 0.717) is 11.5 Å². The minimum Gasteiger partial charge on any atom is -0.444 e. The fourth-order valence-electron chi connectivity index (χ4n) is 2.74. The smallest absolute Gasteiger partial charge is 0.412 e. The number of ether oxygens (including phenoxy) is 1. The topological polar surface area (TPSA) is 90.1 Å². The van der Waals surface area contributed by atoms with E-state index in [2.05, 4.69) is 15.3 Å². The second-order valence-corrected chi connectivity index (χ2v) is 7.11. The fourth-order valence-corrected chi connectivity index (χ4v) is 2.74. The highest BCUT2D eigenvalue weighted by Gasteiger charge is 2.17. The average molecular weight is 350 g/mol. The molecule has 0 fully saturated rings. The molecule has 0 saturated heterocycles. The molecule has 1 aromatic carbocycles. The van der Waals surface area contributed by atoms with Gasteiger partial charge in [-0.05, 0) is 56.8 Å². The van der Waals surface area contributed by atoms with E-state index in [9.17, 15) is 4.79 Å². The Morgan fingerprint density at radius 2 is 1.96 bits per heavy atom. The van der Waals surface area contributed by atoms with E-state index in [0.717, 1.165) is 27.6 Å². The van der Waals surface area contributed by atoms with E-state index in [-0.39, 0.29) is 0 Å². The lowest BCUT2D eigenvalue weighted by molar-refractivity contribution is 0.0636. The fraction of sp³-hybridized carbons (Fsp3) is 0.250. The molecule has 0 unspecified atom stereocenters. The molecule has 2 aromatic heterocycles. The number of benzene rings is 1. The molecule has 0 bridgehead atoms. The number of pyridine rings is 2. The standard InChI is InChI=1S/C20H22N4O2/c1-12-8-9-22-18(21)17(12)16-10-13-6-5-7-15(14(13)11-23-16)24-19(25)26-20(2,3)4/h5-11H,1-4H3,(H2,21,22)(H,24,25). The number of anilines is 2. The summed E-state index contributed by atoms with van der Waals surface area (Å²) in [6.07, 6.45) is 2.91. The number of carbonyl (C=O) groups is 1. The number of nitrogen functional groups attached to an aromatic ring is 1. The van der Waals surface area contributed by atoms with Gasteiger partial charge in [0.15, 0.2) is 0 Å². The minimum atomic E-state index is -0.560. The van der Waals surface area contributed by atoms with Crippen molar-refractivity contribution in [3.63, 3.8) is 0 Å². The first-order chi connectivity index (χ1) is 12.2. The molecule has 0 atom stereocenters. The first-order valence-corrected chi connectivity index (χ1v) is 8.35. The van der Waals surface area contributed by atoms with Crippen molar-refractivity contribution in [1.82, 2.24) is 9.97 Å². The van der Waals surface area contributed by atoms with Gasteiger partial charge in [0.1, 0.15) is 11.4 Å². The zero-order chi connectivity index (χ0) is 18.9. The van der Waals surface area contributed by atoms with Crippen LogP contribution in [0.3, 0.4) is 0 Å². The van der Waals surface area contributed by atoms with Gasteiger partial charge in [0.25, 0.3) is 0 Å². The Morgan fingerprint density at radius 1 is 1.19 bits per heavy atom. The first-order valence-electron chi connectivity index (χ1n) is 8.35. The van der Waals surface area contributed by atoms with Crippen molar-refractivity contribution in [3.05, 3.63) is 48.3 Å². The largest absolute Gasteiger partial charge is 0.444 e. The number of amides is 1. The Balaban J connectivity index is 1.99. The van der Waals surface area contributed by atoms with Gasteiger partial charge in [-0.3, -0.25) is 10.3 Å². The summed E-state index contributed by atoms with van der Waals surface area (Å²) in [5.41, 5.74) is 8.68. The number of nitrogens with two attached hydrogens (primary N) is 1. The summed E-state index contributed by atoms with van der Waals surface area (Å²) in [5.74, 6) is 0.444. The summed E-state index contributed by atoms with van der Waals surface area (Å²) < 4.78 is 5.32. The van der Waals surface area contributed by atoms with Crippen molar-refractivity contribution in [2.45, 2.75) is 33.3 Å². The molecule has 3 aromatic rings. The maximum Gasteiger partial charge on any atom is 0.412 e. The van der Waals surface area contributed by atoms with E-state index in [1.807, 2.05) is 58.0 Å². The Morgan fingerprint density at radius 3 is 2.65 bits per heavy atom. The lowest BCUT2D eigenvalue weighted by atomic mass is 10.0. The van der Waals surface area contributed by atoms with E-state index in [1.165, 1.54) is 0 Å². The zero-order valence-corrected chi connectivity index (χ0v) is 15.3. The van der Waals surface area contributed by atoms with Crippen molar-refractivity contribution in [1.29, 1.82) is 0 Å². The van der Waals surface area contributed by atoms with Crippen molar-refractivity contribution in [2.24, 2.45) is 0 Å². The third kappa shape index (κ3) is 3.74. The maximum atomic E-state index is 12.1. The van der Waals surface area contributed by atoms with Crippen molar-refractivity contribution < 1.29 is 9.53 Å². The van der Waals surface area contributed by atoms with Gasteiger partial charge in [-0.15, -0.1) is 0 Å². The highest BCUT2D eigenvalue weighted by Crippen LogP contribution is 2.30. The molecule has 6 nitrogen and oxygen atoms in total. The molecule has 3 rings (SSSR count). The summed E-state index contributed by atoms with van der Waals surface area (Å²) in [6, 6.07) is 9.49. The normalized spacial score (nSPS) is 11.4. The maximum absolute atomic E-state index is 12.1. The van der Waals surface area contributed by atoms with Gasteiger partial charge in [-0.1, -0.05) is 12.1 Å². The van der Waals surface area contributed by atoms with E-state index in [1.54, 1.807) is 12.4 Å². The van der Waals surface area contributed by atoms with Crippen molar-refractivity contribution in [3.8, 4) is 11.3 Å². The molecule has 134 valence electrons. The van der Waals surface area contributed by atoms with Gasteiger partial charge in [-0.2, -0.15) is 0 Å². The molecular weight excluding hydrogens is 328 g/mol. The highest BCUT2D eigenvalue weighted by molar-refractivity contribution is 6.01. The lowest BCUT2D eigenvalue weighted by Gasteiger charge is -2.20. The van der Waals surface area contributed by atoms with Gasteiger partial charge in [0, 0.05) is 23.3 Å². The number of hydrogen-bond donors (Lipinski definition) is 2. The van der Waals surface area contributed by atoms with Crippen molar-refractivity contribution in [2.75, 3.05) is 11.1 Å². The molecule has 1 amide bonds. The molecule has 2 heterocycles. The van der Waals surface area contributed by atoms with Gasteiger partial charge in [0.05, 0.1) is 11.4 Å². The molecule has 0 aliphatic heterocycles. The molecule has 0 saturated carbocycles. The van der Waals surface area contributed by atoms with Gasteiger partial charge < -0.3 is 10.5 Å². The minimum absolute atomic E-state index is 0.444. The SMILES string of the molecule is Cc1ccnc(N)c1-c1cc2cccc(NC(=O)OC(C)(C)C)c2cn1. The second kappa shape index (κ2) is 6.63. The summed E-state index contributed by atoms with van der Waals surface area (Å²) >= 11 is 0. The van der Waals surface area contributed by atoms with Crippen molar-refractivity contribution >= 4 is 28.4 Å². The zero-order valence-electron chi connectivity index (χ0n) is 15.3. The molecule has 0 radical (unpaired) electrons. The van der Waals surface area contributed by atoms with E-state index < -0.39 is 11.7 Å². The monoisotopic (exact) mass is 350 g/mol. The number of rotatable bonds is 2. The Labute approximate surface area is 152 Å². The van der Waals surface area contributed by atoms with Crippen LogP contribution in [-0.2, 0) is 4.74 Å².